The Kier molecular flexibility index (Phi) is 5.15. The molecule has 0 saturated heterocycles. The van der Waals surface area contributed by atoms with Gasteiger partial charge in [-0.2, -0.15) is 0 Å². The number of halogens is 3. The Balaban J connectivity index is 2.53. The molecule has 0 heterocycles. The summed E-state index contributed by atoms with van der Waals surface area (Å²) in [6.07, 6.45) is 0. The van der Waals surface area contributed by atoms with Crippen molar-refractivity contribution in [3.63, 3.8) is 0 Å². The van der Waals surface area contributed by atoms with Crippen molar-refractivity contribution in [2.75, 3.05) is 13.7 Å². The van der Waals surface area contributed by atoms with Crippen LogP contribution in [0.2, 0.25) is 5.02 Å². The molecule has 2 aromatic carbocycles. The van der Waals surface area contributed by atoms with Crippen molar-refractivity contribution >= 4 is 11.6 Å². The van der Waals surface area contributed by atoms with Gasteiger partial charge in [0.15, 0.2) is 11.6 Å². The van der Waals surface area contributed by atoms with Crippen LogP contribution in [-0.2, 0) is 0 Å². The van der Waals surface area contributed by atoms with Crippen LogP contribution in [0.15, 0.2) is 36.4 Å². The standard InChI is InChI=1S/C16H16ClF2NO/c1-3-20-16(11-8-7-10(18)9-13(11)17)12-5-4-6-14(21-2)15(12)19/h4-9,16,20H,3H2,1-2H3. The molecule has 0 aliphatic heterocycles. The van der Waals surface area contributed by atoms with Gasteiger partial charge in [0.25, 0.3) is 0 Å². The van der Waals surface area contributed by atoms with E-state index < -0.39 is 17.7 Å². The van der Waals surface area contributed by atoms with Crippen LogP contribution in [0.5, 0.6) is 5.75 Å². The number of nitrogens with one attached hydrogen (secondary N) is 1. The van der Waals surface area contributed by atoms with Crippen LogP contribution < -0.4 is 10.1 Å². The number of hydrogen-bond acceptors (Lipinski definition) is 2. The number of hydrogen-bond donors (Lipinski definition) is 1. The van der Waals surface area contributed by atoms with Crippen molar-refractivity contribution in [3.05, 3.63) is 64.2 Å². The van der Waals surface area contributed by atoms with Crippen molar-refractivity contribution < 1.29 is 13.5 Å². The number of benzene rings is 2. The van der Waals surface area contributed by atoms with E-state index in [9.17, 15) is 8.78 Å². The van der Waals surface area contributed by atoms with Gasteiger partial charge in [0.1, 0.15) is 5.82 Å². The van der Waals surface area contributed by atoms with Gasteiger partial charge in [-0.3, -0.25) is 0 Å². The van der Waals surface area contributed by atoms with Gasteiger partial charge in [-0.25, -0.2) is 8.78 Å². The average Bonchev–Trinajstić information content (AvgIpc) is 2.46. The highest BCUT2D eigenvalue weighted by atomic mass is 35.5. The highest BCUT2D eigenvalue weighted by Crippen LogP contribution is 2.33. The third kappa shape index (κ3) is 3.34. The minimum Gasteiger partial charge on any atom is -0.494 e. The molecule has 0 fully saturated rings. The summed E-state index contributed by atoms with van der Waals surface area (Å²) in [6, 6.07) is 8.53. The van der Waals surface area contributed by atoms with Gasteiger partial charge in [-0.15, -0.1) is 0 Å². The van der Waals surface area contributed by atoms with Crippen molar-refractivity contribution in [2.24, 2.45) is 0 Å². The summed E-state index contributed by atoms with van der Waals surface area (Å²) in [5, 5.41) is 3.42. The van der Waals surface area contributed by atoms with Gasteiger partial charge in [-0.1, -0.05) is 36.7 Å². The van der Waals surface area contributed by atoms with Crippen LogP contribution in [0.4, 0.5) is 8.78 Å². The molecule has 0 aliphatic rings. The first-order valence-corrected chi connectivity index (χ1v) is 6.97. The predicted molar refractivity (Wildman–Crippen MR) is 79.9 cm³/mol. The van der Waals surface area contributed by atoms with E-state index in [1.165, 1.54) is 19.2 Å². The van der Waals surface area contributed by atoms with Crippen molar-refractivity contribution in [3.8, 4) is 5.75 Å². The molecular formula is C16H16ClF2NO. The van der Waals surface area contributed by atoms with Crippen molar-refractivity contribution in [1.82, 2.24) is 5.32 Å². The Morgan fingerprint density at radius 2 is 1.95 bits per heavy atom. The van der Waals surface area contributed by atoms with Crippen LogP contribution in [0, 0.1) is 11.6 Å². The second-order valence-electron chi connectivity index (χ2n) is 4.52. The molecule has 1 atom stereocenters. The molecule has 0 aliphatic carbocycles. The van der Waals surface area contributed by atoms with E-state index in [1.807, 2.05) is 6.92 Å². The summed E-state index contributed by atoms with van der Waals surface area (Å²) in [6.45, 7) is 2.51. The maximum atomic E-state index is 14.5. The van der Waals surface area contributed by atoms with Crippen molar-refractivity contribution in [2.45, 2.75) is 13.0 Å². The van der Waals surface area contributed by atoms with E-state index in [4.69, 9.17) is 16.3 Å². The Labute approximate surface area is 127 Å². The van der Waals surface area contributed by atoms with Gasteiger partial charge in [0, 0.05) is 10.6 Å². The average molecular weight is 312 g/mol. The van der Waals surface area contributed by atoms with E-state index in [1.54, 1.807) is 24.3 Å². The monoisotopic (exact) mass is 311 g/mol. The largest absolute Gasteiger partial charge is 0.494 e. The van der Waals surface area contributed by atoms with E-state index in [0.717, 1.165) is 0 Å². The minimum atomic E-state index is -0.474. The predicted octanol–water partition coefficient (Wildman–Crippen LogP) is 4.33. The molecule has 0 amide bonds. The Hall–Kier alpha value is -1.65. The molecule has 2 aromatic rings. The molecular weight excluding hydrogens is 296 g/mol. The molecule has 5 heteroatoms. The molecule has 0 radical (unpaired) electrons. The molecule has 0 saturated carbocycles. The van der Waals surface area contributed by atoms with Gasteiger partial charge < -0.3 is 10.1 Å². The molecule has 0 bridgehead atoms. The minimum absolute atomic E-state index is 0.161. The Morgan fingerprint density at radius 1 is 1.19 bits per heavy atom. The van der Waals surface area contributed by atoms with E-state index >= 15 is 0 Å². The highest BCUT2D eigenvalue weighted by Gasteiger charge is 2.21. The van der Waals surface area contributed by atoms with Crippen LogP contribution in [0.3, 0.4) is 0 Å². The van der Waals surface area contributed by atoms with Gasteiger partial charge in [0.2, 0.25) is 0 Å². The Bertz CT molecular complexity index is 634. The molecule has 0 aromatic heterocycles. The number of ether oxygens (including phenoxy) is 1. The van der Waals surface area contributed by atoms with E-state index in [0.29, 0.717) is 17.7 Å². The topological polar surface area (TPSA) is 21.3 Å². The lowest BCUT2D eigenvalue weighted by molar-refractivity contribution is 0.381. The summed E-state index contributed by atoms with van der Waals surface area (Å²) in [5.74, 6) is -0.718. The lowest BCUT2D eigenvalue weighted by Gasteiger charge is -2.21. The molecule has 0 spiro atoms. The maximum absolute atomic E-state index is 14.5. The molecule has 112 valence electrons. The normalized spacial score (nSPS) is 12.2. The number of methoxy groups -OCH3 is 1. The lowest BCUT2D eigenvalue weighted by Crippen LogP contribution is -2.23. The first-order valence-electron chi connectivity index (χ1n) is 6.59. The first kappa shape index (κ1) is 15.7. The van der Waals surface area contributed by atoms with Gasteiger partial charge >= 0.3 is 0 Å². The van der Waals surface area contributed by atoms with Gasteiger partial charge in [0.05, 0.1) is 13.2 Å². The van der Waals surface area contributed by atoms with Crippen molar-refractivity contribution in [1.29, 1.82) is 0 Å². The molecule has 2 nitrogen and oxygen atoms in total. The van der Waals surface area contributed by atoms with Crippen LogP contribution in [0.25, 0.3) is 0 Å². The summed E-state index contributed by atoms with van der Waals surface area (Å²) in [4.78, 5) is 0. The highest BCUT2D eigenvalue weighted by molar-refractivity contribution is 6.31. The van der Waals surface area contributed by atoms with Crippen LogP contribution in [-0.4, -0.2) is 13.7 Å². The Morgan fingerprint density at radius 3 is 2.57 bits per heavy atom. The molecule has 2 rings (SSSR count). The molecule has 1 N–H and O–H groups in total. The molecule has 1 unspecified atom stereocenters. The summed E-state index contributed by atoms with van der Waals surface area (Å²) < 4.78 is 32.7. The number of rotatable bonds is 5. The summed E-state index contributed by atoms with van der Waals surface area (Å²) >= 11 is 6.10. The zero-order valence-corrected chi connectivity index (χ0v) is 12.5. The van der Waals surface area contributed by atoms with Gasteiger partial charge in [-0.05, 0) is 30.3 Å². The van der Waals surface area contributed by atoms with Crippen LogP contribution in [0.1, 0.15) is 24.1 Å². The maximum Gasteiger partial charge on any atom is 0.170 e. The third-order valence-electron chi connectivity index (χ3n) is 3.21. The first-order chi connectivity index (χ1) is 10.1. The zero-order chi connectivity index (χ0) is 15.4. The van der Waals surface area contributed by atoms with Crippen LogP contribution >= 0.6 is 11.6 Å². The fourth-order valence-electron chi connectivity index (χ4n) is 2.24. The molecule has 21 heavy (non-hydrogen) atoms. The van der Waals surface area contributed by atoms with E-state index in [-0.39, 0.29) is 10.8 Å². The third-order valence-corrected chi connectivity index (χ3v) is 3.53. The lowest BCUT2D eigenvalue weighted by atomic mass is 9.97. The summed E-state index contributed by atoms with van der Waals surface area (Å²) in [7, 11) is 1.41. The quantitative estimate of drug-likeness (QED) is 0.887. The summed E-state index contributed by atoms with van der Waals surface area (Å²) in [5.41, 5.74) is 1.02. The second kappa shape index (κ2) is 6.87. The SMILES string of the molecule is CCNC(c1ccc(F)cc1Cl)c1cccc(OC)c1F. The second-order valence-corrected chi connectivity index (χ2v) is 4.93. The smallest absolute Gasteiger partial charge is 0.170 e. The fourth-order valence-corrected chi connectivity index (χ4v) is 2.51. The van der Waals surface area contributed by atoms with E-state index in [2.05, 4.69) is 5.32 Å². The zero-order valence-electron chi connectivity index (χ0n) is 11.8. The fraction of sp³-hybridized carbons (Fsp3) is 0.250.